The van der Waals surface area contributed by atoms with Crippen molar-refractivity contribution in [3.63, 3.8) is 0 Å². The Hall–Kier alpha value is -2.55. The molecule has 2 aromatic rings. The topological polar surface area (TPSA) is 89.6 Å². The normalized spacial score (nSPS) is 11.5. The van der Waals surface area contributed by atoms with Crippen LogP contribution in [-0.2, 0) is 17.4 Å². The number of unbranched alkanes of at least 4 members (excludes halogenated alkanes) is 9. The Morgan fingerprint density at radius 3 is 2.11 bits per heavy atom. The van der Waals surface area contributed by atoms with Crippen LogP contribution in [0.3, 0.4) is 0 Å². The molecule has 0 bridgehead atoms. The van der Waals surface area contributed by atoms with Crippen molar-refractivity contribution in [2.24, 2.45) is 5.73 Å². The molecule has 0 radical (unpaired) electrons. The second-order valence-corrected chi connectivity index (χ2v) is 9.95. The van der Waals surface area contributed by atoms with Gasteiger partial charge in [0.05, 0.1) is 15.6 Å². The van der Waals surface area contributed by atoms with Crippen LogP contribution in [0.25, 0.3) is 11.1 Å². The van der Waals surface area contributed by atoms with Crippen LogP contribution in [0.2, 0.25) is 0 Å². The van der Waals surface area contributed by atoms with Crippen molar-refractivity contribution in [3.05, 3.63) is 51.5 Å². The molecule has 0 saturated heterocycles. The van der Waals surface area contributed by atoms with Gasteiger partial charge >= 0.3 is 12.1 Å². The number of rotatable bonds is 16. The molecule has 204 valence electrons. The maximum absolute atomic E-state index is 13.4. The molecule has 0 saturated carbocycles. The number of benzene rings is 2. The van der Waals surface area contributed by atoms with Gasteiger partial charge < -0.3 is 15.6 Å². The molecule has 0 aliphatic heterocycles. The molecule has 0 aliphatic rings. The lowest BCUT2D eigenvalue weighted by Gasteiger charge is -2.19. The Balaban J connectivity index is 2.27. The zero-order valence-corrected chi connectivity index (χ0v) is 22.7. The highest BCUT2D eigenvalue weighted by atomic mass is 79.9. The van der Waals surface area contributed by atoms with Gasteiger partial charge in [0.2, 0.25) is 5.91 Å². The zero-order valence-electron chi connectivity index (χ0n) is 21.1. The molecule has 0 spiro atoms. The number of nitrogens with two attached hydrogens (primary N) is 1. The highest BCUT2D eigenvalue weighted by Gasteiger charge is 2.31. The number of alkyl halides is 3. The second kappa shape index (κ2) is 15.0. The minimum absolute atomic E-state index is 0.0395. The van der Waals surface area contributed by atoms with E-state index in [9.17, 15) is 22.8 Å². The Kier molecular flexibility index (Phi) is 12.4. The Morgan fingerprint density at radius 1 is 0.973 bits per heavy atom. The summed E-state index contributed by atoms with van der Waals surface area (Å²) in [5.74, 6) is -2.04. The van der Waals surface area contributed by atoms with Crippen molar-refractivity contribution < 1.29 is 32.6 Å². The van der Waals surface area contributed by atoms with Gasteiger partial charge in [-0.05, 0) is 58.1 Å². The van der Waals surface area contributed by atoms with E-state index >= 15 is 0 Å². The molecule has 3 N–H and O–H groups in total. The molecule has 0 heterocycles. The fraction of sp³-hybridized carbons (Fsp3) is 0.500. The molecule has 2 rings (SSSR count). The van der Waals surface area contributed by atoms with Gasteiger partial charge in [0.1, 0.15) is 5.75 Å². The van der Waals surface area contributed by atoms with E-state index in [-0.39, 0.29) is 26.9 Å². The number of primary amides is 1. The fourth-order valence-corrected chi connectivity index (χ4v) is 5.08. The van der Waals surface area contributed by atoms with Crippen LogP contribution in [0.15, 0.2) is 34.8 Å². The minimum Gasteiger partial charge on any atom is -0.480 e. The number of carbonyl (C=O) groups is 2. The third-order valence-electron chi connectivity index (χ3n) is 6.19. The lowest BCUT2D eigenvalue weighted by molar-refractivity contribution is -0.139. The number of carbonyl (C=O) groups excluding carboxylic acids is 1. The molecule has 9 heteroatoms. The highest BCUT2D eigenvalue weighted by Crippen LogP contribution is 2.42. The number of carboxylic acid groups (broad SMARTS) is 1. The van der Waals surface area contributed by atoms with E-state index in [1.807, 2.05) is 0 Å². The van der Waals surface area contributed by atoms with Gasteiger partial charge in [0.15, 0.2) is 6.61 Å². The first-order valence-electron chi connectivity index (χ1n) is 12.7. The van der Waals surface area contributed by atoms with Crippen molar-refractivity contribution >= 4 is 27.8 Å². The van der Waals surface area contributed by atoms with E-state index in [1.165, 1.54) is 50.7 Å². The molecule has 0 atom stereocenters. The molecular weight excluding hydrogens is 551 g/mol. The monoisotopic (exact) mass is 585 g/mol. The van der Waals surface area contributed by atoms with E-state index in [0.29, 0.717) is 12.0 Å². The smallest absolute Gasteiger partial charge is 0.416 e. The Labute approximate surface area is 224 Å². The zero-order chi connectivity index (χ0) is 27.4. The van der Waals surface area contributed by atoms with Crippen molar-refractivity contribution in [1.29, 1.82) is 0 Å². The lowest BCUT2D eigenvalue weighted by Crippen LogP contribution is -2.17. The number of hydrogen-bond acceptors (Lipinski definition) is 3. The summed E-state index contributed by atoms with van der Waals surface area (Å²) >= 11 is 3.32. The van der Waals surface area contributed by atoms with E-state index in [1.54, 1.807) is 6.07 Å². The average Bonchev–Trinajstić information content (AvgIpc) is 2.83. The summed E-state index contributed by atoms with van der Waals surface area (Å²) in [5, 5.41) is 9.09. The molecular formula is C28H35BrF3NO4. The van der Waals surface area contributed by atoms with Gasteiger partial charge in [-0.25, -0.2) is 4.79 Å². The summed E-state index contributed by atoms with van der Waals surface area (Å²) in [6.07, 6.45) is 7.33. The Morgan fingerprint density at radius 2 is 1.57 bits per heavy atom. The van der Waals surface area contributed by atoms with Gasteiger partial charge in [0.25, 0.3) is 0 Å². The predicted octanol–water partition coefficient (Wildman–Crippen LogP) is 8.16. The van der Waals surface area contributed by atoms with Crippen molar-refractivity contribution in [2.75, 3.05) is 6.61 Å². The number of aryl methyl sites for hydroxylation is 1. The largest absolute Gasteiger partial charge is 0.480 e. The molecule has 0 aliphatic carbocycles. The number of halogens is 4. The maximum atomic E-state index is 13.4. The average molecular weight is 586 g/mol. The molecule has 0 fully saturated rings. The van der Waals surface area contributed by atoms with Crippen LogP contribution in [0, 0.1) is 0 Å². The van der Waals surface area contributed by atoms with Crippen LogP contribution >= 0.6 is 15.9 Å². The lowest BCUT2D eigenvalue weighted by atomic mass is 9.93. The molecule has 2 aromatic carbocycles. The molecule has 37 heavy (non-hydrogen) atoms. The predicted molar refractivity (Wildman–Crippen MR) is 142 cm³/mol. The Bertz CT molecular complexity index is 1060. The standard InChI is InChI=1S/C28H35BrF3NO4/c1-2-3-4-5-6-7-8-9-10-11-13-20-17-22(19-14-12-15-21(16-19)28(30,31)32)26(37-18-23(34)35)25(29)24(20)27(33)36/h12,14-17H,2-11,13,18H2,1H3,(H2,33,36)(H,34,35). The van der Waals surface area contributed by atoms with Crippen LogP contribution in [0.1, 0.15) is 92.6 Å². The minimum atomic E-state index is -4.55. The number of aliphatic carboxylic acids is 1. The van der Waals surface area contributed by atoms with Crippen molar-refractivity contribution in [2.45, 2.75) is 83.7 Å². The number of amides is 1. The molecule has 0 unspecified atom stereocenters. The van der Waals surface area contributed by atoms with Gasteiger partial charge in [-0.3, -0.25) is 4.79 Å². The van der Waals surface area contributed by atoms with E-state index in [4.69, 9.17) is 15.6 Å². The van der Waals surface area contributed by atoms with Crippen LogP contribution in [0.4, 0.5) is 13.2 Å². The second-order valence-electron chi connectivity index (χ2n) is 9.16. The van der Waals surface area contributed by atoms with E-state index in [2.05, 4.69) is 22.9 Å². The summed E-state index contributed by atoms with van der Waals surface area (Å²) in [4.78, 5) is 23.5. The van der Waals surface area contributed by atoms with Gasteiger partial charge in [-0.15, -0.1) is 0 Å². The van der Waals surface area contributed by atoms with Gasteiger partial charge in [-0.1, -0.05) is 76.8 Å². The molecule has 0 aromatic heterocycles. The number of ether oxygens (including phenoxy) is 1. The van der Waals surface area contributed by atoms with Crippen LogP contribution < -0.4 is 10.5 Å². The maximum Gasteiger partial charge on any atom is 0.416 e. The van der Waals surface area contributed by atoms with Crippen molar-refractivity contribution in [1.82, 2.24) is 0 Å². The third-order valence-corrected chi connectivity index (χ3v) is 6.95. The third kappa shape index (κ3) is 9.68. The van der Waals surface area contributed by atoms with E-state index < -0.39 is 30.2 Å². The van der Waals surface area contributed by atoms with Gasteiger partial charge in [-0.2, -0.15) is 13.2 Å². The van der Waals surface area contributed by atoms with E-state index in [0.717, 1.165) is 37.8 Å². The summed E-state index contributed by atoms with van der Waals surface area (Å²) in [6.45, 7) is 1.46. The van der Waals surface area contributed by atoms with Crippen molar-refractivity contribution in [3.8, 4) is 16.9 Å². The first-order chi connectivity index (χ1) is 17.6. The van der Waals surface area contributed by atoms with Crippen LogP contribution in [0.5, 0.6) is 5.75 Å². The number of hydrogen-bond donors (Lipinski definition) is 2. The molecule has 5 nitrogen and oxygen atoms in total. The fourth-order valence-electron chi connectivity index (χ4n) is 4.30. The summed E-state index contributed by atoms with van der Waals surface area (Å²) in [6, 6.07) is 6.28. The summed E-state index contributed by atoms with van der Waals surface area (Å²) in [5.41, 5.74) is 5.96. The number of carboxylic acids is 1. The van der Waals surface area contributed by atoms with Gasteiger partial charge in [0, 0.05) is 5.56 Å². The first kappa shape index (κ1) is 30.7. The molecule has 1 amide bonds. The highest BCUT2D eigenvalue weighted by molar-refractivity contribution is 9.10. The summed E-state index contributed by atoms with van der Waals surface area (Å²) < 4.78 is 45.6. The summed E-state index contributed by atoms with van der Waals surface area (Å²) in [7, 11) is 0. The first-order valence-corrected chi connectivity index (χ1v) is 13.5. The van der Waals surface area contributed by atoms with Crippen LogP contribution in [-0.4, -0.2) is 23.6 Å². The quantitative estimate of drug-likeness (QED) is 0.194. The SMILES string of the molecule is CCCCCCCCCCCCc1cc(-c2cccc(C(F)(F)F)c2)c(OCC(=O)O)c(Br)c1C(N)=O.